The first kappa shape index (κ1) is 14.5. The average molecular weight is 328 g/mol. The zero-order chi connectivity index (χ0) is 13.9. The minimum atomic E-state index is -0.626. The Labute approximate surface area is 121 Å². The molecule has 2 atom stereocenters. The maximum atomic E-state index is 11.6. The van der Waals surface area contributed by atoms with Crippen molar-refractivity contribution >= 4 is 21.9 Å². The lowest BCUT2D eigenvalue weighted by Crippen LogP contribution is -2.45. The van der Waals surface area contributed by atoms with Crippen LogP contribution in [0, 0.1) is 0 Å². The molecule has 1 aliphatic rings. The van der Waals surface area contributed by atoms with Crippen LogP contribution in [-0.2, 0) is 20.9 Å². The number of methoxy groups -OCH3 is 1. The van der Waals surface area contributed by atoms with E-state index >= 15 is 0 Å². The Balaban J connectivity index is 1.85. The SMILES string of the molecule is COC(=O)[C@]1(C)C[C@@H](OCc2ccc(Br)cc2)CN1. The Kier molecular flexibility index (Phi) is 4.60. The molecule has 1 aromatic carbocycles. The molecule has 1 heterocycles. The quantitative estimate of drug-likeness (QED) is 0.862. The van der Waals surface area contributed by atoms with Crippen molar-refractivity contribution in [3.63, 3.8) is 0 Å². The number of hydrogen-bond donors (Lipinski definition) is 1. The second kappa shape index (κ2) is 6.03. The first-order valence-electron chi connectivity index (χ1n) is 6.23. The van der Waals surface area contributed by atoms with E-state index in [1.165, 1.54) is 7.11 Å². The summed E-state index contributed by atoms with van der Waals surface area (Å²) in [5.41, 5.74) is 0.494. The predicted octanol–water partition coefficient (Wildman–Crippen LogP) is 2.26. The molecule has 0 spiro atoms. The van der Waals surface area contributed by atoms with Crippen molar-refractivity contribution in [2.24, 2.45) is 0 Å². The van der Waals surface area contributed by atoms with E-state index in [1.54, 1.807) is 0 Å². The Morgan fingerprint density at radius 2 is 2.16 bits per heavy atom. The largest absolute Gasteiger partial charge is 0.468 e. The van der Waals surface area contributed by atoms with E-state index in [4.69, 9.17) is 9.47 Å². The van der Waals surface area contributed by atoms with E-state index in [9.17, 15) is 4.79 Å². The van der Waals surface area contributed by atoms with Gasteiger partial charge < -0.3 is 9.47 Å². The third-order valence-electron chi connectivity index (χ3n) is 3.39. The molecule has 0 unspecified atom stereocenters. The topological polar surface area (TPSA) is 47.6 Å². The molecule has 0 aliphatic carbocycles. The molecule has 1 saturated heterocycles. The zero-order valence-electron chi connectivity index (χ0n) is 11.1. The lowest BCUT2D eigenvalue weighted by Gasteiger charge is -2.20. The Hall–Kier alpha value is -0.910. The van der Waals surface area contributed by atoms with Crippen molar-refractivity contribution in [2.75, 3.05) is 13.7 Å². The summed E-state index contributed by atoms with van der Waals surface area (Å²) in [6.07, 6.45) is 0.670. The monoisotopic (exact) mass is 327 g/mol. The van der Waals surface area contributed by atoms with Gasteiger partial charge in [0.25, 0.3) is 0 Å². The number of esters is 1. The van der Waals surface area contributed by atoms with Crippen LogP contribution in [0.3, 0.4) is 0 Å². The van der Waals surface area contributed by atoms with Gasteiger partial charge in [-0.15, -0.1) is 0 Å². The third-order valence-corrected chi connectivity index (χ3v) is 3.92. The van der Waals surface area contributed by atoms with E-state index in [0.29, 0.717) is 19.6 Å². The molecule has 19 heavy (non-hydrogen) atoms. The van der Waals surface area contributed by atoms with Crippen LogP contribution in [0.2, 0.25) is 0 Å². The molecule has 0 amide bonds. The van der Waals surface area contributed by atoms with Gasteiger partial charge >= 0.3 is 5.97 Å². The van der Waals surface area contributed by atoms with Crippen LogP contribution in [0.4, 0.5) is 0 Å². The first-order chi connectivity index (χ1) is 9.03. The van der Waals surface area contributed by atoms with E-state index in [1.807, 2.05) is 31.2 Å². The molecule has 1 aromatic rings. The molecule has 1 aliphatic heterocycles. The molecule has 0 bridgehead atoms. The van der Waals surface area contributed by atoms with E-state index < -0.39 is 5.54 Å². The highest BCUT2D eigenvalue weighted by Crippen LogP contribution is 2.23. The predicted molar refractivity (Wildman–Crippen MR) is 75.8 cm³/mol. The van der Waals surface area contributed by atoms with Crippen LogP contribution in [-0.4, -0.2) is 31.3 Å². The highest BCUT2D eigenvalue weighted by Gasteiger charge is 2.42. The molecular formula is C14H18BrNO3. The molecular weight excluding hydrogens is 310 g/mol. The molecule has 0 radical (unpaired) electrons. The molecule has 4 nitrogen and oxygen atoms in total. The standard InChI is InChI=1S/C14H18BrNO3/c1-14(13(17)18-2)7-12(8-16-14)19-9-10-3-5-11(15)6-4-10/h3-6,12,16H,7-9H2,1-2H3/t12-,14+/m1/s1. The maximum absolute atomic E-state index is 11.6. The molecule has 0 saturated carbocycles. The van der Waals surface area contributed by atoms with Gasteiger partial charge in [-0.25, -0.2) is 0 Å². The lowest BCUT2D eigenvalue weighted by atomic mass is 10.00. The average Bonchev–Trinajstić information content (AvgIpc) is 2.80. The number of ether oxygens (including phenoxy) is 2. The van der Waals surface area contributed by atoms with Crippen molar-refractivity contribution < 1.29 is 14.3 Å². The summed E-state index contributed by atoms with van der Waals surface area (Å²) in [7, 11) is 1.41. The van der Waals surface area contributed by atoms with E-state index in [0.717, 1.165) is 10.0 Å². The van der Waals surface area contributed by atoms with Gasteiger partial charge in [-0.05, 0) is 24.6 Å². The fourth-order valence-corrected chi connectivity index (χ4v) is 2.50. The highest BCUT2D eigenvalue weighted by molar-refractivity contribution is 9.10. The number of carbonyl (C=O) groups excluding carboxylic acids is 1. The van der Waals surface area contributed by atoms with Crippen LogP contribution < -0.4 is 5.32 Å². The smallest absolute Gasteiger partial charge is 0.325 e. The lowest BCUT2D eigenvalue weighted by molar-refractivity contribution is -0.147. The number of benzene rings is 1. The van der Waals surface area contributed by atoms with E-state index in [2.05, 4.69) is 21.2 Å². The van der Waals surface area contributed by atoms with Gasteiger partial charge in [0.05, 0.1) is 19.8 Å². The number of hydrogen-bond acceptors (Lipinski definition) is 4. The van der Waals surface area contributed by atoms with Gasteiger partial charge in [0.15, 0.2) is 0 Å². The normalized spacial score (nSPS) is 26.4. The summed E-state index contributed by atoms with van der Waals surface area (Å²) in [4.78, 5) is 11.6. The summed E-state index contributed by atoms with van der Waals surface area (Å²) in [6, 6.07) is 8.02. The Morgan fingerprint density at radius 3 is 2.79 bits per heavy atom. The number of nitrogens with one attached hydrogen (secondary N) is 1. The fourth-order valence-electron chi connectivity index (χ4n) is 2.23. The van der Waals surface area contributed by atoms with Gasteiger partial charge in [0, 0.05) is 17.4 Å². The second-order valence-corrected chi connectivity index (χ2v) is 5.88. The highest BCUT2D eigenvalue weighted by atomic mass is 79.9. The van der Waals surface area contributed by atoms with Gasteiger partial charge in [0.2, 0.25) is 0 Å². The molecule has 104 valence electrons. The van der Waals surface area contributed by atoms with Gasteiger partial charge in [0.1, 0.15) is 5.54 Å². The summed E-state index contributed by atoms with van der Waals surface area (Å²) in [5, 5.41) is 3.17. The number of halogens is 1. The van der Waals surface area contributed by atoms with Crippen molar-refractivity contribution in [2.45, 2.75) is 31.6 Å². The van der Waals surface area contributed by atoms with Crippen molar-refractivity contribution in [1.29, 1.82) is 0 Å². The Morgan fingerprint density at radius 1 is 1.47 bits per heavy atom. The maximum Gasteiger partial charge on any atom is 0.325 e. The minimum Gasteiger partial charge on any atom is -0.468 e. The molecule has 1 N–H and O–H groups in total. The summed E-state index contributed by atoms with van der Waals surface area (Å²) < 4.78 is 11.7. The molecule has 2 rings (SSSR count). The van der Waals surface area contributed by atoms with Crippen molar-refractivity contribution in [3.8, 4) is 0 Å². The molecule has 1 fully saturated rings. The zero-order valence-corrected chi connectivity index (χ0v) is 12.7. The van der Waals surface area contributed by atoms with Crippen molar-refractivity contribution in [3.05, 3.63) is 34.3 Å². The number of carbonyl (C=O) groups is 1. The summed E-state index contributed by atoms with van der Waals surface area (Å²) in [6.45, 7) is 3.07. The summed E-state index contributed by atoms with van der Waals surface area (Å²) >= 11 is 3.40. The minimum absolute atomic E-state index is 0.0350. The first-order valence-corrected chi connectivity index (χ1v) is 7.02. The molecule has 0 aromatic heterocycles. The van der Waals surface area contributed by atoms with Gasteiger partial charge in [-0.1, -0.05) is 28.1 Å². The van der Waals surface area contributed by atoms with Crippen LogP contribution in [0.15, 0.2) is 28.7 Å². The summed E-state index contributed by atoms with van der Waals surface area (Å²) in [5.74, 6) is -0.234. The van der Waals surface area contributed by atoms with Crippen LogP contribution >= 0.6 is 15.9 Å². The van der Waals surface area contributed by atoms with Crippen molar-refractivity contribution in [1.82, 2.24) is 5.32 Å². The Bertz CT molecular complexity index is 449. The fraction of sp³-hybridized carbons (Fsp3) is 0.500. The second-order valence-electron chi connectivity index (χ2n) is 4.97. The van der Waals surface area contributed by atoms with Crippen LogP contribution in [0.1, 0.15) is 18.9 Å². The van der Waals surface area contributed by atoms with Crippen LogP contribution in [0.25, 0.3) is 0 Å². The molecule has 5 heteroatoms. The van der Waals surface area contributed by atoms with Gasteiger partial charge in [-0.3, -0.25) is 10.1 Å². The van der Waals surface area contributed by atoms with Crippen LogP contribution in [0.5, 0.6) is 0 Å². The van der Waals surface area contributed by atoms with E-state index in [-0.39, 0.29) is 12.1 Å². The third kappa shape index (κ3) is 3.55. The van der Waals surface area contributed by atoms with Gasteiger partial charge in [-0.2, -0.15) is 0 Å². The number of rotatable bonds is 4.